The van der Waals surface area contributed by atoms with Crippen molar-refractivity contribution in [3.63, 3.8) is 0 Å². The van der Waals surface area contributed by atoms with Crippen LogP contribution in [0.15, 0.2) is 35.3 Å². The number of ether oxygens (including phenoxy) is 1. The summed E-state index contributed by atoms with van der Waals surface area (Å²) in [5.41, 5.74) is 1.20. The highest BCUT2D eigenvalue weighted by molar-refractivity contribution is 14.0. The lowest BCUT2D eigenvalue weighted by Gasteiger charge is -2.38. The fourth-order valence-electron chi connectivity index (χ4n) is 4.57. The van der Waals surface area contributed by atoms with E-state index in [1.165, 1.54) is 5.69 Å². The van der Waals surface area contributed by atoms with E-state index in [-0.39, 0.29) is 48.4 Å². The number of guanidine groups is 1. The molecule has 9 nitrogen and oxygen atoms in total. The summed E-state index contributed by atoms with van der Waals surface area (Å²) < 4.78 is 5.53. The van der Waals surface area contributed by atoms with Crippen LogP contribution in [0.2, 0.25) is 0 Å². The normalized spacial score (nSPS) is 21.6. The minimum Gasteiger partial charge on any atom is -0.368 e. The summed E-state index contributed by atoms with van der Waals surface area (Å²) in [7, 11) is 1.73. The highest BCUT2D eigenvalue weighted by atomic mass is 127. The quantitative estimate of drug-likeness (QED) is 0.329. The summed E-state index contributed by atoms with van der Waals surface area (Å²) in [6, 6.07) is 10.3. The van der Waals surface area contributed by atoms with Gasteiger partial charge in [-0.15, -0.1) is 24.0 Å². The van der Waals surface area contributed by atoms with Crippen molar-refractivity contribution in [2.45, 2.75) is 18.9 Å². The van der Waals surface area contributed by atoms with Crippen LogP contribution in [0.1, 0.15) is 12.8 Å². The van der Waals surface area contributed by atoms with Crippen molar-refractivity contribution in [3.8, 4) is 0 Å². The van der Waals surface area contributed by atoms with Gasteiger partial charge < -0.3 is 29.7 Å². The lowest BCUT2D eigenvalue weighted by atomic mass is 10.2. The second kappa shape index (κ2) is 12.4. The molecule has 1 N–H and O–H groups in total. The molecule has 3 aliphatic rings. The Bertz CT molecular complexity index is 802. The first kappa shape index (κ1) is 25.5. The maximum atomic E-state index is 12.7. The number of nitrogens with zero attached hydrogens (tertiary/aromatic N) is 5. The Balaban J connectivity index is 0.00000306. The summed E-state index contributed by atoms with van der Waals surface area (Å²) in [4.78, 5) is 37.8. The van der Waals surface area contributed by atoms with Crippen molar-refractivity contribution >= 4 is 47.4 Å². The third-order valence-electron chi connectivity index (χ3n) is 6.46. The Morgan fingerprint density at radius 2 is 1.61 bits per heavy atom. The average Bonchev–Trinajstić information content (AvgIpc) is 3.40. The number of rotatable bonds is 4. The molecule has 1 unspecified atom stereocenters. The SMILES string of the molecule is CN=C(NCC(=O)N1CCN(c2ccccc2)CC1)N1CCN(C(=O)C2CCCO2)CC1.I. The third-order valence-corrected chi connectivity index (χ3v) is 6.46. The van der Waals surface area contributed by atoms with Crippen LogP contribution in [0.4, 0.5) is 5.69 Å². The van der Waals surface area contributed by atoms with Crippen LogP contribution >= 0.6 is 24.0 Å². The summed E-state index contributed by atoms with van der Waals surface area (Å²) in [6.07, 6.45) is 1.52. The Morgan fingerprint density at radius 1 is 0.970 bits per heavy atom. The molecule has 0 bridgehead atoms. The molecule has 2 amide bonds. The number of anilines is 1. The van der Waals surface area contributed by atoms with Gasteiger partial charge in [0.2, 0.25) is 5.91 Å². The van der Waals surface area contributed by atoms with Crippen LogP contribution in [0.5, 0.6) is 0 Å². The zero-order valence-electron chi connectivity index (χ0n) is 19.3. The molecule has 3 fully saturated rings. The van der Waals surface area contributed by atoms with Crippen molar-refractivity contribution in [2.75, 3.05) is 77.5 Å². The topological polar surface area (TPSA) is 80.7 Å². The monoisotopic (exact) mass is 570 g/mol. The predicted octanol–water partition coefficient (Wildman–Crippen LogP) is 0.852. The van der Waals surface area contributed by atoms with E-state index < -0.39 is 0 Å². The van der Waals surface area contributed by atoms with Crippen molar-refractivity contribution in [2.24, 2.45) is 4.99 Å². The van der Waals surface area contributed by atoms with E-state index in [2.05, 4.69) is 32.2 Å². The lowest BCUT2D eigenvalue weighted by molar-refractivity contribution is -0.142. The molecule has 1 atom stereocenters. The van der Waals surface area contributed by atoms with E-state index >= 15 is 0 Å². The molecule has 3 heterocycles. The van der Waals surface area contributed by atoms with E-state index in [0.29, 0.717) is 38.7 Å². The van der Waals surface area contributed by atoms with Gasteiger partial charge >= 0.3 is 0 Å². The van der Waals surface area contributed by atoms with Gasteiger partial charge in [0, 0.05) is 71.7 Å². The highest BCUT2D eigenvalue weighted by Crippen LogP contribution is 2.17. The number of carbonyl (C=O) groups excluding carboxylic acids is 2. The Morgan fingerprint density at radius 3 is 2.21 bits per heavy atom. The largest absolute Gasteiger partial charge is 0.368 e. The van der Waals surface area contributed by atoms with Crippen molar-refractivity contribution in [1.82, 2.24) is 20.0 Å². The molecule has 10 heteroatoms. The maximum Gasteiger partial charge on any atom is 0.251 e. The average molecular weight is 570 g/mol. The first-order valence-corrected chi connectivity index (χ1v) is 11.6. The number of hydrogen-bond donors (Lipinski definition) is 1. The van der Waals surface area contributed by atoms with Crippen LogP contribution in [0.3, 0.4) is 0 Å². The fraction of sp³-hybridized carbons (Fsp3) is 0.609. The van der Waals surface area contributed by atoms with Crippen molar-refractivity contribution < 1.29 is 14.3 Å². The predicted molar refractivity (Wildman–Crippen MR) is 139 cm³/mol. The van der Waals surface area contributed by atoms with Gasteiger partial charge in [0.15, 0.2) is 5.96 Å². The molecule has 3 saturated heterocycles. The van der Waals surface area contributed by atoms with Gasteiger partial charge in [-0.3, -0.25) is 14.6 Å². The van der Waals surface area contributed by atoms with E-state index in [1.807, 2.05) is 28.0 Å². The molecule has 0 aromatic heterocycles. The Kier molecular flexibility index (Phi) is 9.60. The Hall–Kier alpha value is -2.08. The number of benzene rings is 1. The molecule has 33 heavy (non-hydrogen) atoms. The summed E-state index contributed by atoms with van der Waals surface area (Å²) in [5, 5.41) is 3.22. The second-order valence-corrected chi connectivity index (χ2v) is 8.42. The summed E-state index contributed by atoms with van der Waals surface area (Å²) in [6.45, 7) is 6.72. The molecule has 3 aliphatic heterocycles. The highest BCUT2D eigenvalue weighted by Gasteiger charge is 2.31. The molecule has 1 aromatic carbocycles. The summed E-state index contributed by atoms with van der Waals surface area (Å²) in [5.74, 6) is 0.909. The number of amides is 2. The number of carbonyl (C=O) groups is 2. The number of nitrogens with one attached hydrogen (secondary N) is 1. The fourth-order valence-corrected chi connectivity index (χ4v) is 4.57. The molecule has 182 valence electrons. The maximum absolute atomic E-state index is 12.7. The molecule has 1 aromatic rings. The number of halogens is 1. The van der Waals surface area contributed by atoms with E-state index in [0.717, 1.165) is 39.0 Å². The summed E-state index contributed by atoms with van der Waals surface area (Å²) >= 11 is 0. The van der Waals surface area contributed by atoms with Gasteiger partial charge in [-0.05, 0) is 25.0 Å². The number of aliphatic imine (C=N–C) groups is 1. The van der Waals surface area contributed by atoms with E-state index in [4.69, 9.17) is 4.74 Å². The zero-order chi connectivity index (χ0) is 22.3. The molecule has 0 saturated carbocycles. The molecular weight excluding hydrogens is 535 g/mol. The Labute approximate surface area is 213 Å². The van der Waals surface area contributed by atoms with Crippen molar-refractivity contribution in [1.29, 1.82) is 0 Å². The van der Waals surface area contributed by atoms with Gasteiger partial charge in [0.1, 0.15) is 6.10 Å². The van der Waals surface area contributed by atoms with Gasteiger partial charge in [-0.25, -0.2) is 0 Å². The van der Waals surface area contributed by atoms with Gasteiger partial charge in [-0.1, -0.05) is 18.2 Å². The van der Waals surface area contributed by atoms with Crippen LogP contribution in [-0.4, -0.2) is 111 Å². The second-order valence-electron chi connectivity index (χ2n) is 8.42. The van der Waals surface area contributed by atoms with Gasteiger partial charge in [0.05, 0.1) is 6.54 Å². The van der Waals surface area contributed by atoms with Crippen LogP contribution < -0.4 is 10.2 Å². The minimum absolute atomic E-state index is 0. The van der Waals surface area contributed by atoms with E-state index in [9.17, 15) is 9.59 Å². The molecule has 0 radical (unpaired) electrons. The first-order valence-electron chi connectivity index (χ1n) is 11.6. The number of piperazine rings is 2. The number of hydrogen-bond acceptors (Lipinski definition) is 5. The number of para-hydroxylation sites is 1. The minimum atomic E-state index is -0.265. The van der Waals surface area contributed by atoms with Gasteiger partial charge in [0.25, 0.3) is 5.91 Å². The van der Waals surface area contributed by atoms with E-state index in [1.54, 1.807) is 7.05 Å². The third kappa shape index (κ3) is 6.50. The lowest BCUT2D eigenvalue weighted by Crippen LogP contribution is -2.56. The van der Waals surface area contributed by atoms with Crippen molar-refractivity contribution in [3.05, 3.63) is 30.3 Å². The molecular formula is C23H35IN6O3. The smallest absolute Gasteiger partial charge is 0.251 e. The zero-order valence-corrected chi connectivity index (χ0v) is 21.6. The first-order chi connectivity index (χ1) is 15.7. The van der Waals surface area contributed by atoms with Gasteiger partial charge in [-0.2, -0.15) is 0 Å². The van der Waals surface area contributed by atoms with Crippen LogP contribution in [0, 0.1) is 0 Å². The molecule has 0 aliphatic carbocycles. The molecule has 0 spiro atoms. The van der Waals surface area contributed by atoms with Crippen LogP contribution in [-0.2, 0) is 14.3 Å². The standard InChI is InChI=1S/C23H34N6O3.HI/c1-24-23(29-15-13-28(14-16-29)22(31)20-8-5-17-32-20)25-18-21(30)27-11-9-26(10-12-27)19-6-3-2-4-7-19;/h2-4,6-7,20H,5,8-18H2,1H3,(H,24,25);1H. The molecule has 4 rings (SSSR count). The van der Waals surface area contributed by atoms with Crippen LogP contribution in [0.25, 0.3) is 0 Å².